The number of aromatic nitrogens is 5. The number of ether oxygens (including phenoxy) is 1. The van der Waals surface area contributed by atoms with E-state index in [0.717, 1.165) is 41.9 Å². The number of rotatable bonds is 12. The van der Waals surface area contributed by atoms with Crippen molar-refractivity contribution in [2.24, 2.45) is 0 Å². The monoisotopic (exact) mass is 571 g/mol. The molecule has 0 saturated heterocycles. The van der Waals surface area contributed by atoms with Gasteiger partial charge in [-0.15, -0.1) is 11.3 Å². The number of aliphatic hydroxyl groups excluding tert-OH is 1. The minimum atomic E-state index is -0.285. The standard InChI is InChI=1S/C27H34ClN7O3S/c1-5-35(27(37)33-21(9-7-6-8-12-36)23-16-39-18(3)31-23)17(2)19-13-20(26(38-4)30-14-19)22-15-34-11-10-29-25(34)24(28)32-22/h10-11,13-17,21,36H,5-9,12H2,1-4H3,(H,33,37). The molecule has 0 saturated carbocycles. The van der Waals surface area contributed by atoms with Crippen LogP contribution in [0.15, 0.2) is 36.2 Å². The quantitative estimate of drug-likeness (QED) is 0.212. The summed E-state index contributed by atoms with van der Waals surface area (Å²) in [4.78, 5) is 33.2. The number of urea groups is 1. The molecule has 0 aliphatic rings. The number of carbonyl (C=O) groups is 1. The first-order chi connectivity index (χ1) is 18.9. The maximum atomic E-state index is 13.6. The van der Waals surface area contributed by atoms with Crippen LogP contribution in [0.4, 0.5) is 4.79 Å². The summed E-state index contributed by atoms with van der Waals surface area (Å²) in [6.07, 6.45) is 10.3. The Labute approximate surface area is 237 Å². The van der Waals surface area contributed by atoms with Crippen LogP contribution in [-0.2, 0) is 0 Å². The second-order valence-corrected chi connectivity index (χ2v) is 10.6. The Morgan fingerprint density at radius 2 is 2.10 bits per heavy atom. The summed E-state index contributed by atoms with van der Waals surface area (Å²) in [5.74, 6) is 0.406. The number of methoxy groups -OCH3 is 1. The molecular formula is C27H34ClN7O3S. The van der Waals surface area contributed by atoms with Gasteiger partial charge < -0.3 is 24.5 Å². The molecule has 0 spiro atoms. The molecule has 12 heteroatoms. The fraction of sp³-hybridized carbons (Fsp3) is 0.444. The third-order valence-corrected chi connectivity index (χ3v) is 7.71. The average Bonchev–Trinajstić information content (AvgIpc) is 3.59. The third-order valence-electron chi connectivity index (χ3n) is 6.67. The first-order valence-corrected chi connectivity index (χ1v) is 14.3. The van der Waals surface area contributed by atoms with Gasteiger partial charge in [0, 0.05) is 43.3 Å². The molecule has 2 atom stereocenters. The number of imidazole rings is 1. The molecule has 4 aromatic rings. The van der Waals surface area contributed by atoms with E-state index in [-0.39, 0.29) is 29.9 Å². The number of amides is 2. The highest BCUT2D eigenvalue weighted by Crippen LogP contribution is 2.32. The van der Waals surface area contributed by atoms with Gasteiger partial charge in [-0.05, 0) is 45.2 Å². The molecule has 0 aliphatic heterocycles. The summed E-state index contributed by atoms with van der Waals surface area (Å²) in [5, 5.41) is 15.6. The van der Waals surface area contributed by atoms with Crippen molar-refractivity contribution < 1.29 is 14.6 Å². The molecule has 208 valence electrons. The molecule has 0 aliphatic carbocycles. The number of unbranched alkanes of at least 4 members (excludes halogenated alkanes) is 2. The summed E-state index contributed by atoms with van der Waals surface area (Å²) < 4.78 is 7.33. The van der Waals surface area contributed by atoms with Crippen LogP contribution in [-0.4, -0.2) is 60.6 Å². The van der Waals surface area contributed by atoms with Gasteiger partial charge in [0.2, 0.25) is 5.88 Å². The number of nitrogens with zero attached hydrogens (tertiary/aromatic N) is 6. The number of nitrogens with one attached hydrogen (secondary N) is 1. The lowest BCUT2D eigenvalue weighted by Gasteiger charge is -2.30. The van der Waals surface area contributed by atoms with E-state index in [1.54, 1.807) is 46.3 Å². The molecule has 2 N–H and O–H groups in total. The Kier molecular flexibility index (Phi) is 9.71. The van der Waals surface area contributed by atoms with Gasteiger partial charge in [-0.25, -0.2) is 24.7 Å². The summed E-state index contributed by atoms with van der Waals surface area (Å²) in [6.45, 7) is 6.54. The van der Waals surface area contributed by atoms with Crippen LogP contribution >= 0.6 is 22.9 Å². The van der Waals surface area contributed by atoms with Gasteiger partial charge in [-0.1, -0.05) is 24.4 Å². The molecule has 0 radical (unpaired) electrons. The molecule has 4 aromatic heterocycles. The molecule has 4 rings (SSSR count). The van der Waals surface area contributed by atoms with E-state index in [0.29, 0.717) is 29.3 Å². The SMILES string of the molecule is CCN(C(=O)NC(CCCCCO)c1csc(C)n1)C(C)c1cnc(OC)c(-c2cn3ccnc3c(Cl)n2)c1. The van der Waals surface area contributed by atoms with E-state index in [2.05, 4.69) is 25.3 Å². The second kappa shape index (κ2) is 13.2. The van der Waals surface area contributed by atoms with Crippen LogP contribution in [0.2, 0.25) is 5.15 Å². The van der Waals surface area contributed by atoms with Crippen LogP contribution in [0.1, 0.15) is 67.9 Å². The van der Waals surface area contributed by atoms with Gasteiger partial charge in [0.1, 0.15) is 0 Å². The Bertz CT molecular complexity index is 1410. The predicted octanol–water partition coefficient (Wildman–Crippen LogP) is 5.60. The zero-order valence-electron chi connectivity index (χ0n) is 22.6. The Morgan fingerprint density at radius 1 is 1.28 bits per heavy atom. The summed E-state index contributed by atoms with van der Waals surface area (Å²) in [7, 11) is 1.55. The van der Waals surface area contributed by atoms with Crippen molar-refractivity contribution in [1.82, 2.24) is 34.6 Å². The van der Waals surface area contributed by atoms with Crippen molar-refractivity contribution in [3.8, 4) is 17.1 Å². The molecule has 4 heterocycles. The van der Waals surface area contributed by atoms with Gasteiger partial charge in [0.05, 0.1) is 41.2 Å². The normalized spacial score (nSPS) is 12.9. The Balaban J connectivity index is 1.58. The highest BCUT2D eigenvalue weighted by Gasteiger charge is 2.26. The summed E-state index contributed by atoms with van der Waals surface area (Å²) >= 11 is 7.96. The molecule has 2 unspecified atom stereocenters. The number of aryl methyl sites for hydroxylation is 1. The highest BCUT2D eigenvalue weighted by molar-refractivity contribution is 7.09. The van der Waals surface area contributed by atoms with Crippen molar-refractivity contribution in [2.45, 2.75) is 58.5 Å². The molecule has 10 nitrogen and oxygen atoms in total. The third kappa shape index (κ3) is 6.66. The lowest BCUT2D eigenvalue weighted by Crippen LogP contribution is -2.43. The van der Waals surface area contributed by atoms with Crippen LogP contribution < -0.4 is 10.1 Å². The maximum absolute atomic E-state index is 13.6. The predicted molar refractivity (Wildman–Crippen MR) is 152 cm³/mol. The van der Waals surface area contributed by atoms with E-state index in [4.69, 9.17) is 21.4 Å². The second-order valence-electron chi connectivity index (χ2n) is 9.23. The number of halogens is 1. The van der Waals surface area contributed by atoms with Crippen molar-refractivity contribution in [1.29, 1.82) is 0 Å². The molecule has 0 fully saturated rings. The molecule has 0 bridgehead atoms. The zero-order valence-corrected chi connectivity index (χ0v) is 24.2. The highest BCUT2D eigenvalue weighted by atomic mass is 35.5. The van der Waals surface area contributed by atoms with E-state index >= 15 is 0 Å². The summed E-state index contributed by atoms with van der Waals surface area (Å²) in [6, 6.07) is 1.26. The van der Waals surface area contributed by atoms with Crippen LogP contribution in [0.5, 0.6) is 5.88 Å². The van der Waals surface area contributed by atoms with E-state index in [1.165, 1.54) is 0 Å². The van der Waals surface area contributed by atoms with Crippen molar-refractivity contribution in [3.05, 3.63) is 57.7 Å². The number of pyridine rings is 1. The fourth-order valence-electron chi connectivity index (χ4n) is 4.54. The maximum Gasteiger partial charge on any atom is 0.318 e. The number of carbonyl (C=O) groups excluding carboxylic acids is 1. The van der Waals surface area contributed by atoms with Crippen LogP contribution in [0.25, 0.3) is 16.9 Å². The molecule has 2 amide bonds. The van der Waals surface area contributed by atoms with Crippen molar-refractivity contribution in [3.63, 3.8) is 0 Å². The fourth-order valence-corrected chi connectivity index (χ4v) is 5.45. The average molecular weight is 572 g/mol. The smallest absolute Gasteiger partial charge is 0.318 e. The van der Waals surface area contributed by atoms with Gasteiger partial charge in [0.25, 0.3) is 0 Å². The molecular weight excluding hydrogens is 538 g/mol. The number of hydrogen-bond acceptors (Lipinski definition) is 8. The van der Waals surface area contributed by atoms with E-state index < -0.39 is 0 Å². The van der Waals surface area contributed by atoms with E-state index in [1.807, 2.05) is 38.4 Å². The Morgan fingerprint density at radius 3 is 2.79 bits per heavy atom. The minimum Gasteiger partial charge on any atom is -0.481 e. The van der Waals surface area contributed by atoms with Gasteiger partial charge in [0.15, 0.2) is 10.8 Å². The van der Waals surface area contributed by atoms with Crippen molar-refractivity contribution in [2.75, 3.05) is 20.3 Å². The first-order valence-electron chi connectivity index (χ1n) is 13.0. The lowest BCUT2D eigenvalue weighted by atomic mass is 10.0. The van der Waals surface area contributed by atoms with E-state index in [9.17, 15) is 4.79 Å². The molecule has 39 heavy (non-hydrogen) atoms. The zero-order chi connectivity index (χ0) is 27.9. The summed E-state index contributed by atoms with van der Waals surface area (Å²) in [5.41, 5.74) is 3.50. The Hall–Kier alpha value is -3.28. The van der Waals surface area contributed by atoms with Gasteiger partial charge >= 0.3 is 6.03 Å². The number of thiazole rings is 1. The van der Waals surface area contributed by atoms with Crippen molar-refractivity contribution >= 4 is 34.6 Å². The largest absolute Gasteiger partial charge is 0.481 e. The van der Waals surface area contributed by atoms with Crippen LogP contribution in [0, 0.1) is 6.92 Å². The lowest BCUT2D eigenvalue weighted by molar-refractivity contribution is 0.177. The minimum absolute atomic E-state index is 0.170. The first kappa shape index (κ1) is 28.7. The number of fused-ring (bicyclic) bond motifs is 1. The topological polar surface area (TPSA) is 118 Å². The molecule has 0 aromatic carbocycles. The number of aliphatic hydroxyl groups is 1. The van der Waals surface area contributed by atoms with Crippen LogP contribution in [0.3, 0.4) is 0 Å². The van der Waals surface area contributed by atoms with Gasteiger partial charge in [-0.2, -0.15) is 0 Å². The number of hydrogen-bond donors (Lipinski definition) is 2. The van der Waals surface area contributed by atoms with Gasteiger partial charge in [-0.3, -0.25) is 0 Å².